The van der Waals surface area contributed by atoms with E-state index in [-0.39, 0.29) is 6.04 Å². The van der Waals surface area contributed by atoms with E-state index < -0.39 is 0 Å². The van der Waals surface area contributed by atoms with E-state index in [1.807, 2.05) is 36.4 Å². The van der Waals surface area contributed by atoms with Crippen LogP contribution in [0.5, 0.6) is 5.75 Å². The predicted octanol–water partition coefficient (Wildman–Crippen LogP) is 4.03. The van der Waals surface area contributed by atoms with Crippen LogP contribution in [0, 0.1) is 0 Å². The number of methoxy groups -OCH3 is 1. The molecule has 1 atom stereocenters. The van der Waals surface area contributed by atoms with Crippen LogP contribution in [0.15, 0.2) is 60.8 Å². The molecule has 2 aromatic carbocycles. The second-order valence-corrected chi connectivity index (χ2v) is 6.19. The average molecular weight is 348 g/mol. The van der Waals surface area contributed by atoms with Gasteiger partial charge in [0.15, 0.2) is 0 Å². The van der Waals surface area contributed by atoms with Crippen molar-refractivity contribution in [2.75, 3.05) is 18.2 Å². The maximum absolute atomic E-state index is 6.15. The molecule has 3 aromatic rings. The molecule has 5 heteroatoms. The van der Waals surface area contributed by atoms with E-state index in [0.29, 0.717) is 11.8 Å². The third-order valence-corrected chi connectivity index (χ3v) is 4.40. The Morgan fingerprint density at radius 2 is 1.69 bits per heavy atom. The molecule has 0 fully saturated rings. The summed E-state index contributed by atoms with van der Waals surface area (Å²) in [6, 6.07) is 18.3. The third-order valence-electron chi connectivity index (χ3n) is 4.40. The monoisotopic (exact) mass is 348 g/mol. The zero-order chi connectivity index (χ0) is 18.4. The van der Waals surface area contributed by atoms with Gasteiger partial charge in [-0.15, -0.1) is 0 Å². The van der Waals surface area contributed by atoms with Gasteiger partial charge in [0.1, 0.15) is 11.6 Å². The SMILES string of the molecule is COc1ccccc1CCc1cnc(NC(C)c2ccccc2)nc1N. The molecule has 0 aliphatic heterocycles. The zero-order valence-corrected chi connectivity index (χ0v) is 15.1. The van der Waals surface area contributed by atoms with E-state index in [0.717, 1.165) is 29.7 Å². The van der Waals surface area contributed by atoms with Crippen LogP contribution in [-0.2, 0) is 12.8 Å². The number of nitrogens with zero attached hydrogens (tertiary/aromatic N) is 2. The van der Waals surface area contributed by atoms with Crippen molar-refractivity contribution in [1.29, 1.82) is 0 Å². The highest BCUT2D eigenvalue weighted by molar-refractivity contribution is 5.45. The maximum atomic E-state index is 6.15. The Morgan fingerprint density at radius 1 is 1.00 bits per heavy atom. The molecule has 1 heterocycles. The first-order valence-electron chi connectivity index (χ1n) is 8.72. The Morgan fingerprint density at radius 3 is 2.42 bits per heavy atom. The van der Waals surface area contributed by atoms with E-state index >= 15 is 0 Å². The molecule has 134 valence electrons. The normalized spacial score (nSPS) is 11.8. The molecular weight excluding hydrogens is 324 g/mol. The van der Waals surface area contributed by atoms with Gasteiger partial charge in [-0.05, 0) is 37.0 Å². The molecule has 0 radical (unpaired) electrons. The van der Waals surface area contributed by atoms with Crippen LogP contribution in [0.4, 0.5) is 11.8 Å². The quantitative estimate of drug-likeness (QED) is 0.674. The lowest BCUT2D eigenvalue weighted by Gasteiger charge is -2.15. The molecule has 5 nitrogen and oxygen atoms in total. The molecule has 0 aliphatic carbocycles. The summed E-state index contributed by atoms with van der Waals surface area (Å²) in [6.07, 6.45) is 3.39. The van der Waals surface area contributed by atoms with Gasteiger partial charge in [-0.25, -0.2) is 4.98 Å². The van der Waals surface area contributed by atoms with Gasteiger partial charge in [0.05, 0.1) is 13.2 Å². The number of benzene rings is 2. The van der Waals surface area contributed by atoms with Gasteiger partial charge in [-0.3, -0.25) is 0 Å². The minimum Gasteiger partial charge on any atom is -0.496 e. The summed E-state index contributed by atoms with van der Waals surface area (Å²) < 4.78 is 5.40. The van der Waals surface area contributed by atoms with Gasteiger partial charge >= 0.3 is 0 Å². The standard InChI is InChI=1S/C21H24N4O/c1-15(16-8-4-3-5-9-16)24-21-23-14-18(20(22)25-21)13-12-17-10-6-7-11-19(17)26-2/h3-11,14-15H,12-13H2,1-2H3,(H3,22,23,24,25). The molecule has 3 rings (SSSR count). The molecule has 0 saturated carbocycles. The van der Waals surface area contributed by atoms with E-state index in [1.54, 1.807) is 13.3 Å². The van der Waals surface area contributed by atoms with Crippen molar-refractivity contribution < 1.29 is 4.74 Å². The molecule has 0 bridgehead atoms. The first-order valence-corrected chi connectivity index (χ1v) is 8.72. The number of hydrogen-bond donors (Lipinski definition) is 2. The molecule has 26 heavy (non-hydrogen) atoms. The Labute approximate surface area is 154 Å². The van der Waals surface area contributed by atoms with Crippen molar-refractivity contribution in [3.05, 3.63) is 77.5 Å². The Kier molecular flexibility index (Phi) is 5.69. The highest BCUT2D eigenvalue weighted by Crippen LogP contribution is 2.22. The largest absolute Gasteiger partial charge is 0.496 e. The van der Waals surface area contributed by atoms with Crippen molar-refractivity contribution in [2.45, 2.75) is 25.8 Å². The lowest BCUT2D eigenvalue weighted by molar-refractivity contribution is 0.409. The summed E-state index contributed by atoms with van der Waals surface area (Å²) in [5.74, 6) is 1.94. The number of para-hydroxylation sites is 1. The highest BCUT2D eigenvalue weighted by Gasteiger charge is 2.10. The van der Waals surface area contributed by atoms with E-state index in [1.165, 1.54) is 5.56 Å². The van der Waals surface area contributed by atoms with Gasteiger partial charge in [0.25, 0.3) is 0 Å². The predicted molar refractivity (Wildman–Crippen MR) is 105 cm³/mol. The Bertz CT molecular complexity index is 852. The van der Waals surface area contributed by atoms with Crippen molar-refractivity contribution in [1.82, 2.24) is 9.97 Å². The van der Waals surface area contributed by atoms with Crippen molar-refractivity contribution in [2.24, 2.45) is 0 Å². The van der Waals surface area contributed by atoms with Gasteiger partial charge in [0.2, 0.25) is 5.95 Å². The van der Waals surface area contributed by atoms with Crippen LogP contribution in [0.25, 0.3) is 0 Å². The highest BCUT2D eigenvalue weighted by atomic mass is 16.5. The van der Waals surface area contributed by atoms with Gasteiger partial charge < -0.3 is 15.8 Å². The summed E-state index contributed by atoms with van der Waals surface area (Å²) in [5.41, 5.74) is 9.41. The van der Waals surface area contributed by atoms with Crippen LogP contribution in [0.2, 0.25) is 0 Å². The van der Waals surface area contributed by atoms with E-state index in [4.69, 9.17) is 10.5 Å². The molecule has 1 unspecified atom stereocenters. The molecule has 0 saturated heterocycles. The average Bonchev–Trinajstić information content (AvgIpc) is 2.68. The number of aromatic nitrogens is 2. The van der Waals surface area contributed by atoms with Crippen LogP contribution in [0.1, 0.15) is 29.7 Å². The molecular formula is C21H24N4O. The molecule has 0 spiro atoms. The number of nitrogen functional groups attached to an aromatic ring is 1. The molecule has 3 N–H and O–H groups in total. The van der Waals surface area contributed by atoms with E-state index in [9.17, 15) is 0 Å². The molecule has 0 amide bonds. The summed E-state index contributed by atoms with van der Waals surface area (Å²) >= 11 is 0. The third kappa shape index (κ3) is 4.30. The van der Waals surface area contributed by atoms with Crippen LogP contribution in [-0.4, -0.2) is 17.1 Å². The minimum absolute atomic E-state index is 0.107. The summed E-state index contributed by atoms with van der Waals surface area (Å²) in [6.45, 7) is 2.07. The first-order chi connectivity index (χ1) is 12.7. The molecule has 1 aromatic heterocycles. The second-order valence-electron chi connectivity index (χ2n) is 6.19. The number of nitrogens with two attached hydrogens (primary N) is 1. The fraction of sp³-hybridized carbons (Fsp3) is 0.238. The topological polar surface area (TPSA) is 73.1 Å². The summed E-state index contributed by atoms with van der Waals surface area (Å²) in [7, 11) is 1.69. The number of nitrogens with one attached hydrogen (secondary N) is 1. The second kappa shape index (κ2) is 8.34. The Balaban J connectivity index is 1.66. The zero-order valence-electron chi connectivity index (χ0n) is 15.1. The van der Waals surface area contributed by atoms with Crippen LogP contribution < -0.4 is 15.8 Å². The van der Waals surface area contributed by atoms with Crippen molar-refractivity contribution in [3.8, 4) is 5.75 Å². The lowest BCUT2D eigenvalue weighted by Crippen LogP contribution is -2.11. The first kappa shape index (κ1) is 17.7. The van der Waals surface area contributed by atoms with Crippen molar-refractivity contribution in [3.63, 3.8) is 0 Å². The number of hydrogen-bond acceptors (Lipinski definition) is 5. The lowest BCUT2D eigenvalue weighted by atomic mass is 10.1. The number of rotatable bonds is 7. The molecule has 0 aliphatic rings. The number of ether oxygens (including phenoxy) is 1. The Hall–Kier alpha value is -3.08. The van der Waals surface area contributed by atoms with Gasteiger partial charge in [0, 0.05) is 11.8 Å². The van der Waals surface area contributed by atoms with Crippen LogP contribution in [0.3, 0.4) is 0 Å². The summed E-state index contributed by atoms with van der Waals surface area (Å²) in [5, 5.41) is 3.30. The van der Waals surface area contributed by atoms with Gasteiger partial charge in [-0.1, -0.05) is 48.5 Å². The van der Waals surface area contributed by atoms with Crippen molar-refractivity contribution >= 4 is 11.8 Å². The number of anilines is 2. The van der Waals surface area contributed by atoms with Crippen LogP contribution >= 0.6 is 0 Å². The van der Waals surface area contributed by atoms with Gasteiger partial charge in [-0.2, -0.15) is 4.98 Å². The maximum Gasteiger partial charge on any atom is 0.225 e. The van der Waals surface area contributed by atoms with E-state index in [2.05, 4.69) is 40.4 Å². The smallest absolute Gasteiger partial charge is 0.225 e. The fourth-order valence-corrected chi connectivity index (χ4v) is 2.88. The minimum atomic E-state index is 0.107. The fourth-order valence-electron chi connectivity index (χ4n) is 2.88. The number of aryl methyl sites for hydroxylation is 2. The summed E-state index contributed by atoms with van der Waals surface area (Å²) in [4.78, 5) is 8.84.